The van der Waals surface area contributed by atoms with Gasteiger partial charge in [0.05, 0.1) is 6.10 Å². The molecule has 3 rings (SSSR count). The lowest BCUT2D eigenvalue weighted by atomic mass is 9.80. The van der Waals surface area contributed by atoms with Crippen LogP contribution in [0.3, 0.4) is 0 Å². The Morgan fingerprint density at radius 2 is 1.92 bits per heavy atom. The molecule has 0 heterocycles. The van der Waals surface area contributed by atoms with Gasteiger partial charge in [-0.15, -0.1) is 0 Å². The number of rotatable bonds is 0. The summed E-state index contributed by atoms with van der Waals surface area (Å²) in [6, 6.07) is 0. The number of fused-ring (bicyclic) bond motifs is 5. The van der Waals surface area contributed by atoms with Gasteiger partial charge in [0.15, 0.2) is 0 Å². The molecule has 68 valence electrons. The van der Waals surface area contributed by atoms with Crippen LogP contribution in [0, 0.1) is 23.7 Å². The number of hydrogen-bond donors (Lipinski definition) is 1. The second-order valence-electron chi connectivity index (χ2n) is 4.80. The van der Waals surface area contributed by atoms with E-state index in [9.17, 15) is 9.50 Å². The lowest BCUT2D eigenvalue weighted by Gasteiger charge is -2.28. The van der Waals surface area contributed by atoms with E-state index < -0.39 is 6.17 Å². The summed E-state index contributed by atoms with van der Waals surface area (Å²) in [5, 5.41) is 9.63. The molecule has 0 spiro atoms. The molecule has 0 aromatic rings. The maximum absolute atomic E-state index is 13.4. The molecule has 0 saturated heterocycles. The van der Waals surface area contributed by atoms with E-state index in [2.05, 4.69) is 0 Å². The van der Waals surface area contributed by atoms with Crippen molar-refractivity contribution in [3.63, 3.8) is 0 Å². The van der Waals surface area contributed by atoms with E-state index in [1.165, 1.54) is 0 Å². The third-order valence-electron chi connectivity index (χ3n) is 4.40. The fourth-order valence-corrected chi connectivity index (χ4v) is 4.01. The highest BCUT2D eigenvalue weighted by atomic mass is 19.1. The average molecular weight is 170 g/mol. The smallest absolute Gasteiger partial charge is 0.103 e. The first kappa shape index (κ1) is 7.31. The topological polar surface area (TPSA) is 20.2 Å². The summed E-state index contributed by atoms with van der Waals surface area (Å²) in [6.07, 6.45) is 3.14. The van der Waals surface area contributed by atoms with Crippen LogP contribution in [0.2, 0.25) is 0 Å². The van der Waals surface area contributed by atoms with Crippen molar-refractivity contribution in [3.8, 4) is 0 Å². The Balaban J connectivity index is 1.89. The first-order valence-electron chi connectivity index (χ1n) is 5.09. The minimum atomic E-state index is -0.544. The normalized spacial score (nSPS) is 62.5. The molecule has 1 nitrogen and oxygen atoms in total. The summed E-state index contributed by atoms with van der Waals surface area (Å²) < 4.78 is 13.4. The van der Waals surface area contributed by atoms with Crippen LogP contribution in [0.5, 0.6) is 0 Å². The predicted octanol–water partition coefficient (Wildman–Crippen LogP) is 1.75. The molecule has 0 amide bonds. The standard InChI is InChI=1S/C10H15FO/c11-8-2-1-6-7-3-5(10(6)8)4-9(7)12/h5-10,12H,1-4H2. The number of aliphatic hydroxyl groups excluding tert-OH is 1. The quantitative estimate of drug-likeness (QED) is 0.587. The highest BCUT2D eigenvalue weighted by Gasteiger charge is 2.57. The van der Waals surface area contributed by atoms with Gasteiger partial charge in [-0.05, 0) is 49.4 Å². The summed E-state index contributed by atoms with van der Waals surface area (Å²) in [5.41, 5.74) is 0. The molecule has 3 saturated carbocycles. The van der Waals surface area contributed by atoms with Gasteiger partial charge in [0.1, 0.15) is 6.17 Å². The van der Waals surface area contributed by atoms with Gasteiger partial charge >= 0.3 is 0 Å². The molecule has 6 atom stereocenters. The van der Waals surface area contributed by atoms with Crippen molar-refractivity contribution in [2.24, 2.45) is 23.7 Å². The fraction of sp³-hybridized carbons (Fsp3) is 1.00. The van der Waals surface area contributed by atoms with Crippen LogP contribution in [0.25, 0.3) is 0 Å². The Morgan fingerprint density at radius 1 is 1.08 bits per heavy atom. The summed E-state index contributed by atoms with van der Waals surface area (Å²) in [4.78, 5) is 0. The highest BCUT2D eigenvalue weighted by molar-refractivity contribution is 5.06. The molecule has 0 radical (unpaired) electrons. The Hall–Kier alpha value is -0.110. The number of halogens is 1. The number of aliphatic hydroxyl groups is 1. The minimum Gasteiger partial charge on any atom is -0.393 e. The zero-order chi connectivity index (χ0) is 8.29. The van der Waals surface area contributed by atoms with Gasteiger partial charge in [-0.3, -0.25) is 0 Å². The molecule has 0 aromatic heterocycles. The Labute approximate surface area is 72.0 Å². The Bertz CT molecular complexity index is 206. The second kappa shape index (κ2) is 2.22. The fourth-order valence-electron chi connectivity index (χ4n) is 4.01. The van der Waals surface area contributed by atoms with Crippen LogP contribution in [-0.4, -0.2) is 17.4 Å². The maximum atomic E-state index is 13.4. The van der Waals surface area contributed by atoms with Crippen molar-refractivity contribution in [2.45, 2.75) is 38.0 Å². The molecule has 2 bridgehead atoms. The van der Waals surface area contributed by atoms with Crippen molar-refractivity contribution in [1.29, 1.82) is 0 Å². The van der Waals surface area contributed by atoms with E-state index >= 15 is 0 Å². The lowest BCUT2D eigenvalue weighted by Crippen LogP contribution is -2.30. The molecule has 12 heavy (non-hydrogen) atoms. The van der Waals surface area contributed by atoms with Gasteiger partial charge in [-0.1, -0.05) is 0 Å². The molecule has 0 aliphatic heterocycles. The first-order valence-corrected chi connectivity index (χ1v) is 5.09. The van der Waals surface area contributed by atoms with Crippen LogP contribution < -0.4 is 0 Å². The third kappa shape index (κ3) is 0.723. The summed E-state index contributed by atoms with van der Waals surface area (Å²) in [6.45, 7) is 0. The molecule has 0 aromatic carbocycles. The zero-order valence-corrected chi connectivity index (χ0v) is 7.12. The van der Waals surface area contributed by atoms with Crippen molar-refractivity contribution in [3.05, 3.63) is 0 Å². The van der Waals surface area contributed by atoms with Crippen LogP contribution >= 0.6 is 0 Å². The number of alkyl halides is 1. The third-order valence-corrected chi connectivity index (χ3v) is 4.40. The van der Waals surface area contributed by atoms with Crippen LogP contribution in [-0.2, 0) is 0 Å². The van der Waals surface area contributed by atoms with Crippen molar-refractivity contribution < 1.29 is 9.50 Å². The van der Waals surface area contributed by atoms with Gasteiger partial charge in [0.2, 0.25) is 0 Å². The maximum Gasteiger partial charge on any atom is 0.103 e. The van der Waals surface area contributed by atoms with E-state index in [-0.39, 0.29) is 6.10 Å². The average Bonchev–Trinajstić information content (AvgIpc) is 2.62. The summed E-state index contributed by atoms with van der Waals surface area (Å²) in [7, 11) is 0. The number of hydrogen-bond acceptors (Lipinski definition) is 1. The highest BCUT2D eigenvalue weighted by Crippen LogP contribution is 2.59. The predicted molar refractivity (Wildman–Crippen MR) is 43.3 cm³/mol. The van der Waals surface area contributed by atoms with Gasteiger partial charge in [0, 0.05) is 0 Å². The Morgan fingerprint density at radius 3 is 2.75 bits per heavy atom. The summed E-state index contributed by atoms with van der Waals surface area (Å²) >= 11 is 0. The van der Waals surface area contributed by atoms with E-state index in [4.69, 9.17) is 0 Å². The van der Waals surface area contributed by atoms with E-state index in [1.807, 2.05) is 0 Å². The Kier molecular flexibility index (Phi) is 1.35. The van der Waals surface area contributed by atoms with Gasteiger partial charge < -0.3 is 5.11 Å². The van der Waals surface area contributed by atoms with Crippen molar-refractivity contribution >= 4 is 0 Å². The molecule has 3 aliphatic carbocycles. The molecular formula is C10H15FO. The van der Waals surface area contributed by atoms with Crippen LogP contribution in [0.15, 0.2) is 0 Å². The molecule has 3 aliphatic rings. The van der Waals surface area contributed by atoms with E-state index in [0.29, 0.717) is 23.7 Å². The minimum absolute atomic E-state index is 0.0958. The zero-order valence-electron chi connectivity index (χ0n) is 7.12. The monoisotopic (exact) mass is 170 g/mol. The van der Waals surface area contributed by atoms with Gasteiger partial charge in [-0.25, -0.2) is 4.39 Å². The molecule has 3 fully saturated rings. The van der Waals surface area contributed by atoms with Crippen LogP contribution in [0.4, 0.5) is 4.39 Å². The first-order chi connectivity index (χ1) is 5.77. The van der Waals surface area contributed by atoms with Crippen LogP contribution in [0.1, 0.15) is 25.7 Å². The second-order valence-corrected chi connectivity index (χ2v) is 4.80. The van der Waals surface area contributed by atoms with Gasteiger partial charge in [0.25, 0.3) is 0 Å². The SMILES string of the molecule is OC1CC2CC1C1CCC(F)C21. The van der Waals surface area contributed by atoms with E-state index in [1.54, 1.807) is 0 Å². The van der Waals surface area contributed by atoms with Crippen molar-refractivity contribution in [1.82, 2.24) is 0 Å². The summed E-state index contributed by atoms with van der Waals surface area (Å²) in [5.74, 6) is 1.85. The molecule has 2 heteroatoms. The van der Waals surface area contributed by atoms with E-state index in [0.717, 1.165) is 25.7 Å². The molecule has 1 N–H and O–H groups in total. The van der Waals surface area contributed by atoms with Gasteiger partial charge in [-0.2, -0.15) is 0 Å². The largest absolute Gasteiger partial charge is 0.393 e. The van der Waals surface area contributed by atoms with Crippen molar-refractivity contribution in [2.75, 3.05) is 0 Å². The lowest BCUT2D eigenvalue weighted by molar-refractivity contribution is 0.0502. The molecular weight excluding hydrogens is 155 g/mol. The molecule has 6 unspecified atom stereocenters.